The molecule has 0 aliphatic heterocycles. The van der Waals surface area contributed by atoms with Crippen molar-refractivity contribution in [3.05, 3.63) is 69.3 Å². The van der Waals surface area contributed by atoms with Gasteiger partial charge in [0.2, 0.25) is 0 Å². The van der Waals surface area contributed by atoms with E-state index in [1.807, 2.05) is 0 Å². The van der Waals surface area contributed by atoms with E-state index in [1.165, 1.54) is 12.1 Å². The van der Waals surface area contributed by atoms with Crippen LogP contribution in [-0.4, -0.2) is 4.92 Å². The quantitative estimate of drug-likeness (QED) is 0.683. The van der Waals surface area contributed by atoms with Crippen LogP contribution in [0.2, 0.25) is 0 Å². The van der Waals surface area contributed by atoms with Gasteiger partial charge in [0.1, 0.15) is 11.6 Å². The highest BCUT2D eigenvalue weighted by Crippen LogP contribution is 2.23. The highest BCUT2D eigenvalue weighted by molar-refractivity contribution is 5.55. The fourth-order valence-corrected chi connectivity index (χ4v) is 1.78. The van der Waals surface area contributed by atoms with E-state index in [1.54, 1.807) is 19.1 Å². The minimum absolute atomic E-state index is 0.00502. The van der Waals surface area contributed by atoms with E-state index in [0.717, 1.165) is 12.1 Å². The standard InChI is InChI=1S/C14H12F2N2O2/c1-9-2-5-12(7-14(9)18(19)20)17-8-10-3-4-11(15)6-13(10)16/h2-7,17H,8H2,1H3. The lowest BCUT2D eigenvalue weighted by Gasteiger charge is -2.08. The summed E-state index contributed by atoms with van der Waals surface area (Å²) in [6.45, 7) is 1.76. The number of nitro benzene ring substituents is 1. The molecule has 0 saturated carbocycles. The van der Waals surface area contributed by atoms with Gasteiger partial charge < -0.3 is 5.32 Å². The van der Waals surface area contributed by atoms with Gasteiger partial charge in [-0.25, -0.2) is 8.78 Å². The van der Waals surface area contributed by atoms with Crippen LogP contribution < -0.4 is 5.32 Å². The third-order valence-corrected chi connectivity index (χ3v) is 2.90. The number of aryl methyl sites for hydroxylation is 1. The maximum absolute atomic E-state index is 13.4. The molecule has 0 atom stereocenters. The van der Waals surface area contributed by atoms with Crippen molar-refractivity contribution in [3.63, 3.8) is 0 Å². The second kappa shape index (κ2) is 5.64. The van der Waals surface area contributed by atoms with Crippen molar-refractivity contribution in [1.82, 2.24) is 0 Å². The third kappa shape index (κ3) is 3.09. The summed E-state index contributed by atoms with van der Waals surface area (Å²) in [7, 11) is 0. The molecule has 0 bridgehead atoms. The average Bonchev–Trinajstić information content (AvgIpc) is 2.39. The number of benzene rings is 2. The summed E-state index contributed by atoms with van der Waals surface area (Å²) in [5.74, 6) is -1.30. The molecule has 2 rings (SSSR count). The first-order valence-corrected chi connectivity index (χ1v) is 5.90. The van der Waals surface area contributed by atoms with Gasteiger partial charge in [0.25, 0.3) is 5.69 Å². The molecule has 0 aliphatic rings. The Hall–Kier alpha value is -2.50. The van der Waals surface area contributed by atoms with E-state index in [-0.39, 0.29) is 17.8 Å². The van der Waals surface area contributed by atoms with E-state index in [9.17, 15) is 18.9 Å². The number of rotatable bonds is 4. The zero-order valence-corrected chi connectivity index (χ0v) is 10.7. The van der Waals surface area contributed by atoms with Crippen molar-refractivity contribution in [2.45, 2.75) is 13.5 Å². The predicted molar refractivity (Wildman–Crippen MR) is 71.5 cm³/mol. The fourth-order valence-electron chi connectivity index (χ4n) is 1.78. The molecule has 0 aliphatic carbocycles. The number of nitrogens with one attached hydrogen (secondary N) is 1. The van der Waals surface area contributed by atoms with Crippen LogP contribution in [0.3, 0.4) is 0 Å². The molecule has 4 nitrogen and oxygen atoms in total. The number of nitro groups is 1. The van der Waals surface area contributed by atoms with Gasteiger partial charge in [-0.3, -0.25) is 10.1 Å². The number of halogens is 2. The van der Waals surface area contributed by atoms with Crippen molar-refractivity contribution < 1.29 is 13.7 Å². The number of nitrogens with zero attached hydrogens (tertiary/aromatic N) is 1. The summed E-state index contributed by atoms with van der Waals surface area (Å²) >= 11 is 0. The molecule has 0 spiro atoms. The molecule has 6 heteroatoms. The number of hydrogen-bond acceptors (Lipinski definition) is 3. The summed E-state index contributed by atoms with van der Waals surface area (Å²) in [6.07, 6.45) is 0. The zero-order chi connectivity index (χ0) is 14.7. The highest BCUT2D eigenvalue weighted by atomic mass is 19.1. The second-order valence-electron chi connectivity index (χ2n) is 4.35. The van der Waals surface area contributed by atoms with Gasteiger partial charge in [0, 0.05) is 35.5 Å². The Bertz CT molecular complexity index is 660. The molecule has 0 saturated heterocycles. The van der Waals surface area contributed by atoms with Crippen molar-refractivity contribution in [2.24, 2.45) is 0 Å². The van der Waals surface area contributed by atoms with Crippen LogP contribution in [0.25, 0.3) is 0 Å². The molecule has 0 radical (unpaired) electrons. The summed E-state index contributed by atoms with van der Waals surface area (Å²) < 4.78 is 26.2. The largest absolute Gasteiger partial charge is 0.381 e. The predicted octanol–water partition coefficient (Wildman–Crippen LogP) is 3.79. The summed E-state index contributed by atoms with van der Waals surface area (Å²) in [4.78, 5) is 10.3. The number of anilines is 1. The van der Waals surface area contributed by atoms with Crippen molar-refractivity contribution in [3.8, 4) is 0 Å². The van der Waals surface area contributed by atoms with Gasteiger partial charge in [-0.2, -0.15) is 0 Å². The minimum atomic E-state index is -0.654. The van der Waals surface area contributed by atoms with Crippen molar-refractivity contribution >= 4 is 11.4 Å². The van der Waals surface area contributed by atoms with Crippen LogP contribution >= 0.6 is 0 Å². The Kier molecular flexibility index (Phi) is 3.93. The second-order valence-corrected chi connectivity index (χ2v) is 4.35. The monoisotopic (exact) mass is 278 g/mol. The van der Waals surface area contributed by atoms with Crippen LogP contribution in [0.15, 0.2) is 36.4 Å². The Labute approximate surface area is 114 Å². The Balaban J connectivity index is 2.15. The maximum atomic E-state index is 13.4. The van der Waals surface area contributed by atoms with Crippen LogP contribution in [-0.2, 0) is 6.54 Å². The SMILES string of the molecule is Cc1ccc(NCc2ccc(F)cc2F)cc1[N+](=O)[O-]. The van der Waals surface area contributed by atoms with Crippen LogP contribution in [0, 0.1) is 28.7 Å². The van der Waals surface area contributed by atoms with Gasteiger partial charge >= 0.3 is 0 Å². The molecule has 20 heavy (non-hydrogen) atoms. The number of hydrogen-bond donors (Lipinski definition) is 1. The molecule has 0 unspecified atom stereocenters. The Morgan fingerprint density at radius 1 is 1.20 bits per heavy atom. The van der Waals surface area contributed by atoms with Gasteiger partial charge in [-0.15, -0.1) is 0 Å². The topological polar surface area (TPSA) is 55.2 Å². The zero-order valence-electron chi connectivity index (χ0n) is 10.7. The van der Waals surface area contributed by atoms with Crippen molar-refractivity contribution in [1.29, 1.82) is 0 Å². The molecule has 0 heterocycles. The molecule has 0 fully saturated rings. The average molecular weight is 278 g/mol. The summed E-state index contributed by atoms with van der Waals surface area (Å²) in [6, 6.07) is 7.97. The summed E-state index contributed by atoms with van der Waals surface area (Å²) in [5.41, 5.74) is 1.34. The first-order valence-electron chi connectivity index (χ1n) is 5.90. The normalized spacial score (nSPS) is 10.3. The van der Waals surface area contributed by atoms with Crippen LogP contribution in [0.5, 0.6) is 0 Å². The van der Waals surface area contributed by atoms with E-state index >= 15 is 0 Å². The van der Waals surface area contributed by atoms with Gasteiger partial charge in [0.05, 0.1) is 4.92 Å². The van der Waals surface area contributed by atoms with Gasteiger partial charge in [0.15, 0.2) is 0 Å². The molecule has 2 aromatic rings. The van der Waals surface area contributed by atoms with Crippen LogP contribution in [0.1, 0.15) is 11.1 Å². The maximum Gasteiger partial charge on any atom is 0.274 e. The van der Waals surface area contributed by atoms with Crippen LogP contribution in [0.4, 0.5) is 20.2 Å². The lowest BCUT2D eigenvalue weighted by atomic mass is 10.1. The van der Waals surface area contributed by atoms with E-state index in [2.05, 4.69) is 5.32 Å². The van der Waals surface area contributed by atoms with E-state index in [4.69, 9.17) is 0 Å². The summed E-state index contributed by atoms with van der Waals surface area (Å²) in [5, 5.41) is 13.7. The smallest absolute Gasteiger partial charge is 0.274 e. The lowest BCUT2D eigenvalue weighted by molar-refractivity contribution is -0.385. The molecule has 1 N–H and O–H groups in total. The Morgan fingerprint density at radius 3 is 2.60 bits per heavy atom. The molecular formula is C14H12F2N2O2. The lowest BCUT2D eigenvalue weighted by Crippen LogP contribution is -2.03. The molecule has 0 amide bonds. The first kappa shape index (κ1) is 13.9. The van der Waals surface area contributed by atoms with Gasteiger partial charge in [-0.1, -0.05) is 12.1 Å². The third-order valence-electron chi connectivity index (χ3n) is 2.90. The first-order chi connectivity index (χ1) is 9.47. The van der Waals surface area contributed by atoms with E-state index in [0.29, 0.717) is 11.3 Å². The molecule has 104 valence electrons. The molecule has 0 aromatic heterocycles. The highest BCUT2D eigenvalue weighted by Gasteiger charge is 2.11. The Morgan fingerprint density at radius 2 is 1.95 bits per heavy atom. The molecule has 2 aromatic carbocycles. The fraction of sp³-hybridized carbons (Fsp3) is 0.143. The van der Waals surface area contributed by atoms with Gasteiger partial charge in [-0.05, 0) is 19.1 Å². The molecular weight excluding hydrogens is 266 g/mol. The minimum Gasteiger partial charge on any atom is -0.381 e. The van der Waals surface area contributed by atoms with Crippen molar-refractivity contribution in [2.75, 3.05) is 5.32 Å². The van der Waals surface area contributed by atoms with E-state index < -0.39 is 16.6 Å².